The topological polar surface area (TPSA) is 43.8 Å². The first-order valence-corrected chi connectivity index (χ1v) is 4.84. The van der Waals surface area contributed by atoms with E-state index in [4.69, 9.17) is 5.73 Å². The number of nitrogens with two attached hydrogens (primary N) is 1. The highest BCUT2D eigenvalue weighted by molar-refractivity contribution is 5.13. The van der Waals surface area contributed by atoms with Gasteiger partial charge in [-0.1, -0.05) is 13.8 Å². The van der Waals surface area contributed by atoms with Crippen LogP contribution in [-0.4, -0.2) is 9.78 Å². The van der Waals surface area contributed by atoms with E-state index < -0.39 is 0 Å². The van der Waals surface area contributed by atoms with Crippen LogP contribution in [-0.2, 0) is 6.54 Å². The minimum atomic E-state index is 0.394. The molecule has 0 amide bonds. The Morgan fingerprint density at radius 1 is 1.38 bits per heavy atom. The minimum absolute atomic E-state index is 0.394. The van der Waals surface area contributed by atoms with E-state index in [0.717, 1.165) is 11.4 Å². The Morgan fingerprint density at radius 3 is 2.31 bits per heavy atom. The van der Waals surface area contributed by atoms with Crippen molar-refractivity contribution < 1.29 is 0 Å². The Bertz CT molecular complexity index is 274. The maximum atomic E-state index is 5.64. The van der Waals surface area contributed by atoms with Crippen molar-refractivity contribution in [2.75, 3.05) is 0 Å². The average molecular weight is 181 g/mol. The van der Waals surface area contributed by atoms with Crippen molar-refractivity contribution in [1.82, 2.24) is 9.78 Å². The second-order valence-corrected chi connectivity index (χ2v) is 3.96. The van der Waals surface area contributed by atoms with Crippen LogP contribution in [0.25, 0.3) is 0 Å². The summed E-state index contributed by atoms with van der Waals surface area (Å²) in [5.41, 5.74) is 7.90. The van der Waals surface area contributed by atoms with Gasteiger partial charge in [-0.05, 0) is 25.8 Å². The maximum absolute atomic E-state index is 5.64. The lowest BCUT2D eigenvalue weighted by atomic mass is 10.1. The molecule has 0 atom stereocenters. The standard InChI is InChI=1S/C10H19N3/c1-7(2)10-5-9(6-11)13(12-10)8(3)4/h5,7-8H,6,11H2,1-4H3. The molecule has 0 unspecified atom stereocenters. The van der Waals surface area contributed by atoms with Gasteiger partial charge in [-0.3, -0.25) is 4.68 Å². The first kappa shape index (κ1) is 10.3. The molecule has 2 N–H and O–H groups in total. The van der Waals surface area contributed by atoms with E-state index in [2.05, 4.69) is 38.9 Å². The molecule has 0 saturated carbocycles. The monoisotopic (exact) mass is 181 g/mol. The van der Waals surface area contributed by atoms with Gasteiger partial charge in [0.15, 0.2) is 0 Å². The lowest BCUT2D eigenvalue weighted by Gasteiger charge is -2.08. The normalized spacial score (nSPS) is 11.6. The Kier molecular flexibility index (Phi) is 3.09. The molecule has 13 heavy (non-hydrogen) atoms. The van der Waals surface area contributed by atoms with Crippen LogP contribution in [0.15, 0.2) is 6.07 Å². The van der Waals surface area contributed by atoms with Crippen LogP contribution in [0.2, 0.25) is 0 Å². The lowest BCUT2D eigenvalue weighted by Crippen LogP contribution is -2.10. The number of hydrogen-bond donors (Lipinski definition) is 1. The molecule has 0 aliphatic heterocycles. The minimum Gasteiger partial charge on any atom is -0.325 e. The molecular formula is C10H19N3. The zero-order valence-electron chi connectivity index (χ0n) is 8.91. The van der Waals surface area contributed by atoms with Crippen molar-refractivity contribution in [2.45, 2.75) is 46.2 Å². The van der Waals surface area contributed by atoms with E-state index >= 15 is 0 Å². The Labute approximate surface area is 79.9 Å². The third-order valence-corrected chi connectivity index (χ3v) is 2.12. The van der Waals surface area contributed by atoms with Gasteiger partial charge in [-0.25, -0.2) is 0 Å². The largest absolute Gasteiger partial charge is 0.325 e. The molecule has 1 heterocycles. The Balaban J connectivity index is 3.04. The molecule has 0 saturated heterocycles. The molecule has 74 valence electrons. The maximum Gasteiger partial charge on any atom is 0.0653 e. The highest BCUT2D eigenvalue weighted by atomic mass is 15.3. The van der Waals surface area contributed by atoms with Gasteiger partial charge in [-0.2, -0.15) is 5.10 Å². The van der Waals surface area contributed by atoms with Crippen molar-refractivity contribution >= 4 is 0 Å². The van der Waals surface area contributed by atoms with Gasteiger partial charge in [-0.15, -0.1) is 0 Å². The zero-order chi connectivity index (χ0) is 10.0. The summed E-state index contributed by atoms with van der Waals surface area (Å²) in [6.45, 7) is 9.10. The molecule has 0 aliphatic rings. The molecule has 0 bridgehead atoms. The molecule has 0 radical (unpaired) electrons. The molecule has 0 fully saturated rings. The van der Waals surface area contributed by atoms with Gasteiger partial charge in [0, 0.05) is 12.6 Å². The summed E-state index contributed by atoms with van der Waals surface area (Å²) >= 11 is 0. The summed E-state index contributed by atoms with van der Waals surface area (Å²) < 4.78 is 2.01. The molecular weight excluding hydrogens is 162 g/mol. The smallest absolute Gasteiger partial charge is 0.0653 e. The number of aromatic nitrogens is 2. The molecule has 3 nitrogen and oxygen atoms in total. The van der Waals surface area contributed by atoms with E-state index in [0.29, 0.717) is 18.5 Å². The second kappa shape index (κ2) is 3.92. The fraction of sp³-hybridized carbons (Fsp3) is 0.700. The highest BCUT2D eigenvalue weighted by Gasteiger charge is 2.10. The van der Waals surface area contributed by atoms with Crippen LogP contribution in [0.3, 0.4) is 0 Å². The average Bonchev–Trinajstić information content (AvgIpc) is 2.47. The van der Waals surface area contributed by atoms with Gasteiger partial charge >= 0.3 is 0 Å². The number of hydrogen-bond acceptors (Lipinski definition) is 2. The van der Waals surface area contributed by atoms with Crippen LogP contribution in [0.1, 0.15) is 51.0 Å². The van der Waals surface area contributed by atoms with E-state index in [9.17, 15) is 0 Å². The van der Waals surface area contributed by atoms with E-state index in [-0.39, 0.29) is 0 Å². The van der Waals surface area contributed by atoms with Gasteiger partial charge in [0.1, 0.15) is 0 Å². The SMILES string of the molecule is CC(C)c1cc(CN)n(C(C)C)n1. The number of nitrogens with zero attached hydrogens (tertiary/aromatic N) is 2. The molecule has 0 aliphatic carbocycles. The van der Waals surface area contributed by atoms with Crippen LogP contribution >= 0.6 is 0 Å². The fourth-order valence-electron chi connectivity index (χ4n) is 1.34. The highest BCUT2D eigenvalue weighted by Crippen LogP contribution is 2.17. The van der Waals surface area contributed by atoms with Gasteiger partial charge in [0.05, 0.1) is 11.4 Å². The van der Waals surface area contributed by atoms with Crippen LogP contribution in [0.4, 0.5) is 0 Å². The quantitative estimate of drug-likeness (QED) is 0.775. The van der Waals surface area contributed by atoms with E-state index in [1.165, 1.54) is 0 Å². The van der Waals surface area contributed by atoms with Crippen LogP contribution < -0.4 is 5.73 Å². The molecule has 1 aromatic rings. The summed E-state index contributed by atoms with van der Waals surface area (Å²) in [4.78, 5) is 0. The van der Waals surface area contributed by atoms with Gasteiger partial charge < -0.3 is 5.73 Å². The predicted molar refractivity (Wildman–Crippen MR) is 54.6 cm³/mol. The Hall–Kier alpha value is -0.830. The van der Waals surface area contributed by atoms with E-state index in [1.54, 1.807) is 0 Å². The van der Waals surface area contributed by atoms with Crippen molar-refractivity contribution in [3.63, 3.8) is 0 Å². The number of rotatable bonds is 3. The fourth-order valence-corrected chi connectivity index (χ4v) is 1.34. The summed E-state index contributed by atoms with van der Waals surface area (Å²) in [6, 6.07) is 2.50. The summed E-state index contributed by atoms with van der Waals surface area (Å²) in [5.74, 6) is 0.477. The third kappa shape index (κ3) is 2.10. The van der Waals surface area contributed by atoms with Crippen molar-refractivity contribution in [2.24, 2.45) is 5.73 Å². The zero-order valence-corrected chi connectivity index (χ0v) is 8.91. The van der Waals surface area contributed by atoms with Crippen molar-refractivity contribution in [3.8, 4) is 0 Å². The van der Waals surface area contributed by atoms with Crippen molar-refractivity contribution in [1.29, 1.82) is 0 Å². The Morgan fingerprint density at radius 2 is 2.00 bits per heavy atom. The molecule has 1 aromatic heterocycles. The van der Waals surface area contributed by atoms with Gasteiger partial charge in [0.25, 0.3) is 0 Å². The van der Waals surface area contributed by atoms with Crippen molar-refractivity contribution in [3.05, 3.63) is 17.5 Å². The third-order valence-electron chi connectivity index (χ3n) is 2.12. The molecule has 0 aromatic carbocycles. The van der Waals surface area contributed by atoms with Crippen LogP contribution in [0, 0.1) is 0 Å². The lowest BCUT2D eigenvalue weighted by molar-refractivity contribution is 0.502. The predicted octanol–water partition coefficient (Wildman–Crippen LogP) is 2.05. The molecule has 1 rings (SSSR count). The van der Waals surface area contributed by atoms with Gasteiger partial charge in [0.2, 0.25) is 0 Å². The van der Waals surface area contributed by atoms with Crippen LogP contribution in [0.5, 0.6) is 0 Å². The molecule has 0 spiro atoms. The molecule has 3 heteroatoms. The summed E-state index contributed by atoms with van der Waals surface area (Å²) in [7, 11) is 0. The van der Waals surface area contributed by atoms with E-state index in [1.807, 2.05) is 4.68 Å². The summed E-state index contributed by atoms with van der Waals surface area (Å²) in [5, 5.41) is 4.52. The first-order valence-electron chi connectivity index (χ1n) is 4.84. The first-order chi connectivity index (χ1) is 6.06. The second-order valence-electron chi connectivity index (χ2n) is 3.96. The summed E-state index contributed by atoms with van der Waals surface area (Å²) in [6.07, 6.45) is 0.